The van der Waals surface area contributed by atoms with Crippen LogP contribution in [0.4, 0.5) is 4.79 Å². The first-order chi connectivity index (χ1) is 5.74. The van der Waals surface area contributed by atoms with Gasteiger partial charge in [-0.3, -0.25) is 0 Å². The third-order valence-electron chi connectivity index (χ3n) is 1.56. The summed E-state index contributed by atoms with van der Waals surface area (Å²) in [6.45, 7) is 4.01. The van der Waals surface area contributed by atoms with Gasteiger partial charge < -0.3 is 14.2 Å². The molecule has 0 bridgehead atoms. The van der Waals surface area contributed by atoms with Crippen LogP contribution in [-0.4, -0.2) is 26.2 Å². The van der Waals surface area contributed by atoms with E-state index in [1.54, 1.807) is 0 Å². The van der Waals surface area contributed by atoms with E-state index < -0.39 is 6.16 Å². The zero-order valence-electron chi connectivity index (χ0n) is 7.83. The molecule has 0 N–H and O–H groups in total. The summed E-state index contributed by atoms with van der Waals surface area (Å²) in [4.78, 5) is 10.4. The molecule has 0 saturated carbocycles. The molecule has 12 heavy (non-hydrogen) atoms. The number of carbonyl (C=O) groups is 1. The lowest BCUT2D eigenvalue weighted by Crippen LogP contribution is -2.15. The van der Waals surface area contributed by atoms with Crippen LogP contribution in [-0.2, 0) is 14.2 Å². The molecule has 0 aliphatic rings. The third kappa shape index (κ3) is 4.96. The fourth-order valence-corrected chi connectivity index (χ4v) is 0.762. The average molecular weight is 176 g/mol. The Morgan fingerprint density at radius 3 is 2.33 bits per heavy atom. The van der Waals surface area contributed by atoms with Crippen molar-refractivity contribution < 1.29 is 19.0 Å². The lowest BCUT2D eigenvalue weighted by Gasteiger charge is -2.12. The van der Waals surface area contributed by atoms with E-state index in [1.165, 1.54) is 7.11 Å². The first-order valence-electron chi connectivity index (χ1n) is 4.06. The Hall–Kier alpha value is -0.770. The van der Waals surface area contributed by atoms with E-state index in [1.807, 2.05) is 13.8 Å². The Morgan fingerprint density at radius 2 is 1.92 bits per heavy atom. The van der Waals surface area contributed by atoms with Crippen LogP contribution in [0.5, 0.6) is 0 Å². The van der Waals surface area contributed by atoms with Crippen LogP contribution in [0.15, 0.2) is 0 Å². The van der Waals surface area contributed by atoms with Crippen molar-refractivity contribution in [3.8, 4) is 0 Å². The molecular weight excluding hydrogens is 160 g/mol. The summed E-state index contributed by atoms with van der Waals surface area (Å²) in [5, 5.41) is 0. The van der Waals surface area contributed by atoms with Crippen LogP contribution in [0.3, 0.4) is 0 Å². The number of rotatable bonds is 5. The molecule has 0 rings (SSSR count). The molecule has 0 atom stereocenters. The van der Waals surface area contributed by atoms with E-state index in [0.29, 0.717) is 0 Å². The standard InChI is InChI=1S/C8H16O4/c1-4-7(5-2)11-6-12-8(9)10-3/h7H,4-6H2,1-3H3. The fourth-order valence-electron chi connectivity index (χ4n) is 0.762. The van der Waals surface area contributed by atoms with Gasteiger partial charge in [0.2, 0.25) is 0 Å². The Kier molecular flexibility index (Phi) is 6.47. The van der Waals surface area contributed by atoms with Gasteiger partial charge in [0.1, 0.15) is 0 Å². The summed E-state index contributed by atoms with van der Waals surface area (Å²) in [5.41, 5.74) is 0. The molecule has 0 aliphatic carbocycles. The highest BCUT2D eigenvalue weighted by Crippen LogP contribution is 2.02. The van der Waals surface area contributed by atoms with Gasteiger partial charge in [-0.05, 0) is 12.8 Å². The lowest BCUT2D eigenvalue weighted by atomic mass is 10.2. The number of hydrogen-bond donors (Lipinski definition) is 0. The third-order valence-corrected chi connectivity index (χ3v) is 1.56. The summed E-state index contributed by atoms with van der Waals surface area (Å²) in [5.74, 6) is 0. The topological polar surface area (TPSA) is 44.8 Å². The van der Waals surface area contributed by atoms with Gasteiger partial charge >= 0.3 is 6.16 Å². The molecule has 0 spiro atoms. The van der Waals surface area contributed by atoms with Gasteiger partial charge in [0.15, 0.2) is 6.79 Å². The van der Waals surface area contributed by atoms with Crippen molar-refractivity contribution in [1.29, 1.82) is 0 Å². The predicted octanol–water partition coefficient (Wildman–Crippen LogP) is 1.93. The van der Waals surface area contributed by atoms with Crippen molar-refractivity contribution in [2.24, 2.45) is 0 Å². The second-order valence-corrected chi connectivity index (χ2v) is 2.32. The minimum Gasteiger partial charge on any atom is -0.438 e. The highest BCUT2D eigenvalue weighted by atomic mass is 16.8. The molecule has 72 valence electrons. The number of methoxy groups -OCH3 is 1. The van der Waals surface area contributed by atoms with E-state index in [-0.39, 0.29) is 12.9 Å². The van der Waals surface area contributed by atoms with Gasteiger partial charge in [-0.25, -0.2) is 4.79 Å². The summed E-state index contributed by atoms with van der Waals surface area (Å²) in [7, 11) is 1.26. The van der Waals surface area contributed by atoms with Crippen molar-refractivity contribution in [3.63, 3.8) is 0 Å². The molecule has 4 heteroatoms. The lowest BCUT2D eigenvalue weighted by molar-refractivity contribution is -0.0748. The van der Waals surface area contributed by atoms with E-state index in [2.05, 4.69) is 9.47 Å². The Morgan fingerprint density at radius 1 is 1.33 bits per heavy atom. The van der Waals surface area contributed by atoms with Crippen LogP contribution < -0.4 is 0 Å². The van der Waals surface area contributed by atoms with Gasteiger partial charge in [0.05, 0.1) is 13.2 Å². The maximum Gasteiger partial charge on any atom is 0.510 e. The van der Waals surface area contributed by atoms with Crippen molar-refractivity contribution >= 4 is 6.16 Å². The van der Waals surface area contributed by atoms with E-state index in [4.69, 9.17) is 4.74 Å². The predicted molar refractivity (Wildman–Crippen MR) is 43.8 cm³/mol. The first-order valence-corrected chi connectivity index (χ1v) is 4.06. The highest BCUT2D eigenvalue weighted by molar-refractivity contribution is 5.59. The van der Waals surface area contributed by atoms with Crippen LogP contribution in [0.1, 0.15) is 26.7 Å². The number of ether oxygens (including phenoxy) is 3. The summed E-state index contributed by atoms with van der Waals surface area (Å²) in [6, 6.07) is 0. The second kappa shape index (κ2) is 6.91. The van der Waals surface area contributed by atoms with Crippen LogP contribution in [0.25, 0.3) is 0 Å². The van der Waals surface area contributed by atoms with Crippen LogP contribution in [0.2, 0.25) is 0 Å². The smallest absolute Gasteiger partial charge is 0.438 e. The molecule has 0 aromatic carbocycles. The van der Waals surface area contributed by atoms with E-state index in [0.717, 1.165) is 12.8 Å². The zero-order valence-corrected chi connectivity index (χ0v) is 7.83. The molecule has 0 radical (unpaired) electrons. The molecule has 0 aromatic heterocycles. The van der Waals surface area contributed by atoms with Gasteiger partial charge in [0, 0.05) is 0 Å². The van der Waals surface area contributed by atoms with Gasteiger partial charge in [0.25, 0.3) is 0 Å². The van der Waals surface area contributed by atoms with Gasteiger partial charge in [-0.15, -0.1) is 0 Å². The van der Waals surface area contributed by atoms with Crippen molar-refractivity contribution in [3.05, 3.63) is 0 Å². The van der Waals surface area contributed by atoms with Crippen molar-refractivity contribution in [1.82, 2.24) is 0 Å². The molecule has 0 amide bonds. The molecule has 0 heterocycles. The van der Waals surface area contributed by atoms with Crippen LogP contribution >= 0.6 is 0 Å². The monoisotopic (exact) mass is 176 g/mol. The quantitative estimate of drug-likeness (QED) is 0.474. The number of hydrogen-bond acceptors (Lipinski definition) is 4. The molecular formula is C8H16O4. The molecule has 4 nitrogen and oxygen atoms in total. The first kappa shape index (κ1) is 11.2. The summed E-state index contributed by atoms with van der Waals surface area (Å²) in [6.07, 6.45) is 1.29. The fraction of sp³-hybridized carbons (Fsp3) is 0.875. The minimum atomic E-state index is -0.707. The van der Waals surface area contributed by atoms with Gasteiger partial charge in [-0.2, -0.15) is 0 Å². The van der Waals surface area contributed by atoms with E-state index in [9.17, 15) is 4.79 Å². The Balaban J connectivity index is 3.34. The summed E-state index contributed by atoms with van der Waals surface area (Å²) >= 11 is 0. The molecule has 0 saturated heterocycles. The highest BCUT2D eigenvalue weighted by Gasteiger charge is 2.05. The maximum absolute atomic E-state index is 10.4. The van der Waals surface area contributed by atoms with Crippen molar-refractivity contribution in [2.45, 2.75) is 32.8 Å². The molecule has 0 aromatic rings. The average Bonchev–Trinajstić information content (AvgIpc) is 2.12. The molecule has 0 unspecified atom stereocenters. The minimum absolute atomic E-state index is 0.0288. The maximum atomic E-state index is 10.4. The SMILES string of the molecule is CCC(CC)OCOC(=O)OC. The molecule has 0 fully saturated rings. The zero-order chi connectivity index (χ0) is 9.40. The Labute approximate surface area is 72.8 Å². The Bertz CT molecular complexity index is 120. The normalized spacial score (nSPS) is 10.0. The number of carbonyl (C=O) groups excluding carboxylic acids is 1. The van der Waals surface area contributed by atoms with Crippen LogP contribution in [0, 0.1) is 0 Å². The molecule has 0 aliphatic heterocycles. The van der Waals surface area contributed by atoms with Gasteiger partial charge in [-0.1, -0.05) is 13.8 Å². The largest absolute Gasteiger partial charge is 0.510 e. The van der Waals surface area contributed by atoms with Crippen molar-refractivity contribution in [2.75, 3.05) is 13.9 Å². The summed E-state index contributed by atoms with van der Waals surface area (Å²) < 4.78 is 14.0. The second-order valence-electron chi connectivity index (χ2n) is 2.32. The van der Waals surface area contributed by atoms with E-state index >= 15 is 0 Å².